The fraction of sp³-hybridized carbons (Fsp3) is 0.190. The molecule has 6 aromatic rings. The third-order valence-electron chi connectivity index (χ3n) is 8.98. The first kappa shape index (κ1) is 26.2. The molecule has 0 unspecified atom stereocenters. The molecule has 0 aliphatic carbocycles. The van der Waals surface area contributed by atoms with Crippen LogP contribution in [0.5, 0.6) is 11.5 Å². The summed E-state index contributed by atoms with van der Waals surface area (Å²) >= 11 is 0. The summed E-state index contributed by atoms with van der Waals surface area (Å²) in [5.41, 5.74) is 9.05. The Hall–Kier alpha value is -4.73. The average molecular weight is 813 g/mol. The van der Waals surface area contributed by atoms with Gasteiger partial charge in [-0.25, -0.2) is 9.97 Å². The number of hydrogen-bond donors (Lipinski definition) is 0. The minimum Gasteiger partial charge on any atom is -0.509 e. The Kier molecular flexibility index (Phi) is 7.54. The zero-order valence-electron chi connectivity index (χ0n) is 31.8. The van der Waals surface area contributed by atoms with Crippen LogP contribution in [-0.2, 0) is 33.9 Å². The van der Waals surface area contributed by atoms with Gasteiger partial charge >= 0.3 is 21.1 Å². The minimum atomic E-state index is -0.411. The van der Waals surface area contributed by atoms with Crippen LogP contribution < -0.4 is 14.5 Å². The normalized spacial score (nSPS) is 15.2. The van der Waals surface area contributed by atoms with Crippen LogP contribution in [-0.4, -0.2) is 23.1 Å². The molecule has 0 atom stereocenters. The van der Waals surface area contributed by atoms with Gasteiger partial charge in [-0.05, 0) is 61.1 Å². The summed E-state index contributed by atoms with van der Waals surface area (Å²) in [4.78, 5) is 14.0. The van der Waals surface area contributed by atoms with Crippen molar-refractivity contribution in [1.82, 2.24) is 9.97 Å². The standard InChI is InChI=1S/C42H36N4O.Pt/c1-29-23-41(43-27-37(29)31-11-5-3-6-12-31)45-21-9-15-33-17-19-35(25-39(33)45)47-36-20-18-34-16-10-22-46(40(34)26-36)42-24-30(2)38(28-44-42)32-13-7-4-8-14-32;/h3-8,11-14,17-20,23-24,27-28H,9-10,15-16,21-22H2,1-2H3;/q-2;+2/i3D,5D,6D,11D,12D;. The predicted octanol–water partition coefficient (Wildman–Crippen LogP) is 9.99. The molecule has 6 heteroatoms. The van der Waals surface area contributed by atoms with Crippen molar-refractivity contribution in [3.05, 3.63) is 144 Å². The van der Waals surface area contributed by atoms with Crippen LogP contribution in [0.4, 0.5) is 23.0 Å². The third kappa shape index (κ3) is 6.27. The van der Waals surface area contributed by atoms with Crippen molar-refractivity contribution in [1.29, 1.82) is 0 Å². The molecule has 8 rings (SSSR count). The Labute approximate surface area is 304 Å². The van der Waals surface area contributed by atoms with Crippen LogP contribution in [0.3, 0.4) is 0 Å². The number of fused-ring (bicyclic) bond motifs is 2. The van der Waals surface area contributed by atoms with Gasteiger partial charge in [0.15, 0.2) is 0 Å². The van der Waals surface area contributed by atoms with Crippen molar-refractivity contribution < 1.29 is 32.7 Å². The second-order valence-electron chi connectivity index (χ2n) is 12.1. The first-order valence-corrected chi connectivity index (χ1v) is 16.1. The van der Waals surface area contributed by atoms with Crippen molar-refractivity contribution in [2.24, 2.45) is 0 Å². The Morgan fingerprint density at radius 2 is 1.19 bits per heavy atom. The fourth-order valence-corrected chi connectivity index (χ4v) is 6.59. The van der Waals surface area contributed by atoms with Gasteiger partial charge in [0, 0.05) is 48.1 Å². The number of anilines is 4. The van der Waals surface area contributed by atoms with E-state index in [1.54, 1.807) is 6.20 Å². The zero-order valence-corrected chi connectivity index (χ0v) is 29.0. The summed E-state index contributed by atoms with van der Waals surface area (Å²) in [5, 5.41) is 0. The number of rotatable bonds is 6. The van der Waals surface area contributed by atoms with Gasteiger partial charge in [-0.1, -0.05) is 84.8 Å². The molecule has 0 bridgehead atoms. The summed E-state index contributed by atoms with van der Waals surface area (Å²) < 4.78 is 47.5. The maximum Gasteiger partial charge on any atom is 2.00 e. The van der Waals surface area contributed by atoms with Gasteiger partial charge in [0.2, 0.25) is 0 Å². The maximum atomic E-state index is 8.45. The third-order valence-corrected chi connectivity index (χ3v) is 8.98. The van der Waals surface area contributed by atoms with E-state index in [0.29, 0.717) is 22.9 Å². The molecule has 0 amide bonds. The molecule has 0 radical (unpaired) electrons. The molecule has 4 heterocycles. The van der Waals surface area contributed by atoms with Crippen LogP contribution in [0.2, 0.25) is 0 Å². The molecule has 0 spiro atoms. The molecule has 0 saturated heterocycles. The number of pyridine rings is 2. The molecule has 240 valence electrons. The van der Waals surface area contributed by atoms with Gasteiger partial charge in [0.1, 0.15) is 11.6 Å². The van der Waals surface area contributed by atoms with E-state index in [4.69, 9.17) is 21.6 Å². The van der Waals surface area contributed by atoms with E-state index < -0.39 is 6.04 Å². The van der Waals surface area contributed by atoms with E-state index >= 15 is 0 Å². The fourth-order valence-electron chi connectivity index (χ4n) is 6.59. The molecular formula is C42H36N4OPt. The zero-order chi connectivity index (χ0) is 36.1. The van der Waals surface area contributed by atoms with Crippen molar-refractivity contribution >= 4 is 23.0 Å². The minimum absolute atomic E-state index is 0. The molecular weight excluding hydrogens is 772 g/mol. The van der Waals surface area contributed by atoms with Crippen molar-refractivity contribution in [3.63, 3.8) is 0 Å². The Balaban J connectivity index is 0.00000435. The molecule has 4 aromatic carbocycles. The topological polar surface area (TPSA) is 41.5 Å². The number of aryl methyl sites for hydroxylation is 4. The summed E-state index contributed by atoms with van der Waals surface area (Å²) in [6, 6.07) is 27.9. The van der Waals surface area contributed by atoms with E-state index in [2.05, 4.69) is 59.2 Å². The van der Waals surface area contributed by atoms with Gasteiger partial charge in [-0.3, -0.25) is 0 Å². The Bertz CT molecular complexity index is 2330. The SMILES string of the molecule is [2H]c1c([2H])c([2H])c(-c2cnc(N3CCCc4ccc(Oc5[c-]c6c(cc5)CCCN6c5cc(C)c(-c6ccccc6)cn5)[c-]c43)cc2C)c([2H])c1[2H].[Pt+2]. The van der Waals surface area contributed by atoms with Crippen molar-refractivity contribution in [2.45, 2.75) is 39.5 Å². The van der Waals surface area contributed by atoms with E-state index in [1.165, 1.54) is 5.56 Å². The van der Waals surface area contributed by atoms with Gasteiger partial charge in [0.05, 0.1) is 6.85 Å². The number of benzene rings is 4. The maximum absolute atomic E-state index is 8.45. The molecule has 0 fully saturated rings. The molecule has 48 heavy (non-hydrogen) atoms. The second-order valence-corrected chi connectivity index (χ2v) is 12.1. The van der Waals surface area contributed by atoms with Gasteiger partial charge in [-0.15, -0.1) is 35.4 Å². The summed E-state index contributed by atoms with van der Waals surface area (Å²) in [6.45, 7) is 5.57. The molecule has 0 N–H and O–H groups in total. The van der Waals surface area contributed by atoms with Gasteiger partial charge in [-0.2, -0.15) is 12.1 Å². The first-order chi connectivity index (χ1) is 25.2. The molecule has 5 nitrogen and oxygen atoms in total. The van der Waals surface area contributed by atoms with Crippen LogP contribution in [0.15, 0.2) is 109 Å². The van der Waals surface area contributed by atoms with Crippen LogP contribution in [0.1, 0.15) is 41.9 Å². The smallest absolute Gasteiger partial charge is 0.509 e. The van der Waals surface area contributed by atoms with Crippen molar-refractivity contribution in [2.75, 3.05) is 22.9 Å². The number of hydrogen-bond acceptors (Lipinski definition) is 5. The second kappa shape index (κ2) is 13.8. The van der Waals surface area contributed by atoms with Gasteiger partial charge in [0.25, 0.3) is 0 Å². The monoisotopic (exact) mass is 812 g/mol. The molecule has 0 saturated carbocycles. The Morgan fingerprint density at radius 3 is 1.71 bits per heavy atom. The van der Waals surface area contributed by atoms with Crippen LogP contribution in [0.25, 0.3) is 22.3 Å². The van der Waals surface area contributed by atoms with Crippen LogP contribution >= 0.6 is 0 Å². The molecule has 2 aliphatic heterocycles. The predicted molar refractivity (Wildman–Crippen MR) is 190 cm³/mol. The first-order valence-electron chi connectivity index (χ1n) is 18.6. The molecule has 2 aromatic heterocycles. The van der Waals surface area contributed by atoms with Gasteiger partial charge < -0.3 is 14.5 Å². The Morgan fingerprint density at radius 1 is 0.667 bits per heavy atom. The summed E-state index contributed by atoms with van der Waals surface area (Å²) in [5.74, 6) is 2.75. The van der Waals surface area contributed by atoms with E-state index in [1.807, 2.05) is 49.5 Å². The van der Waals surface area contributed by atoms with E-state index in [9.17, 15) is 0 Å². The summed E-state index contributed by atoms with van der Waals surface area (Å²) in [7, 11) is 0. The largest absolute Gasteiger partial charge is 2.00 e. The van der Waals surface area contributed by atoms with E-state index in [-0.39, 0.29) is 50.8 Å². The summed E-state index contributed by atoms with van der Waals surface area (Å²) in [6.07, 6.45) is 7.38. The number of ether oxygens (including phenoxy) is 1. The number of aromatic nitrogens is 2. The number of nitrogens with zero attached hydrogens (tertiary/aromatic N) is 4. The van der Waals surface area contributed by atoms with E-state index in [0.717, 1.165) is 83.8 Å². The van der Waals surface area contributed by atoms with Crippen LogP contribution in [0, 0.1) is 26.0 Å². The van der Waals surface area contributed by atoms with Crippen molar-refractivity contribution in [3.8, 4) is 33.8 Å². The quantitative estimate of drug-likeness (QED) is 0.157. The molecule has 2 aliphatic rings. The average Bonchev–Trinajstić information content (AvgIpc) is 3.16.